The van der Waals surface area contributed by atoms with Gasteiger partial charge in [0.1, 0.15) is 5.76 Å². The summed E-state index contributed by atoms with van der Waals surface area (Å²) in [5.41, 5.74) is 4.65. The van der Waals surface area contributed by atoms with Crippen molar-refractivity contribution >= 4 is 23.4 Å². The fourth-order valence-electron chi connectivity index (χ4n) is 0.996. The summed E-state index contributed by atoms with van der Waals surface area (Å²) in [7, 11) is 0. The lowest BCUT2D eigenvalue weighted by molar-refractivity contribution is 0.0665. The zero-order valence-corrected chi connectivity index (χ0v) is 10.3. The highest BCUT2D eigenvalue weighted by atomic mass is 35.5. The van der Waals surface area contributed by atoms with E-state index >= 15 is 0 Å². The third-order valence-corrected chi connectivity index (χ3v) is 3.28. The highest BCUT2D eigenvalue weighted by molar-refractivity contribution is 7.98. The third kappa shape index (κ3) is 4.93. The van der Waals surface area contributed by atoms with E-state index in [9.17, 15) is 5.11 Å². The molecule has 1 rings (SSSR count). The highest BCUT2D eigenvalue weighted by Gasteiger charge is 2.17. The van der Waals surface area contributed by atoms with Crippen molar-refractivity contribution in [1.29, 1.82) is 0 Å². The number of hydrogen-bond acceptors (Lipinski definition) is 4. The van der Waals surface area contributed by atoms with Gasteiger partial charge in [-0.1, -0.05) is 0 Å². The van der Waals surface area contributed by atoms with Gasteiger partial charge < -0.3 is 15.3 Å². The van der Waals surface area contributed by atoms with Crippen LogP contribution in [0.4, 0.5) is 0 Å². The maximum Gasteiger partial charge on any atom is 0.193 e. The van der Waals surface area contributed by atoms with Gasteiger partial charge in [-0.25, -0.2) is 0 Å². The van der Waals surface area contributed by atoms with Crippen LogP contribution in [-0.2, 0) is 5.75 Å². The van der Waals surface area contributed by atoms with Gasteiger partial charge in [0.15, 0.2) is 5.22 Å². The standard InChI is InChI=1S/C10H16ClNO2S/c1-10(13,7-12)4-5-15-6-8-2-3-9(11)14-8/h2-3,13H,4-7,12H2,1H3. The molecule has 0 fully saturated rings. The first kappa shape index (κ1) is 12.9. The summed E-state index contributed by atoms with van der Waals surface area (Å²) >= 11 is 7.33. The van der Waals surface area contributed by atoms with E-state index in [1.807, 2.05) is 6.07 Å². The molecule has 0 aliphatic carbocycles. The summed E-state index contributed by atoms with van der Waals surface area (Å²) in [4.78, 5) is 0. The minimum atomic E-state index is -0.756. The molecule has 0 spiro atoms. The lowest BCUT2D eigenvalue weighted by Gasteiger charge is -2.20. The molecule has 0 bridgehead atoms. The van der Waals surface area contributed by atoms with Crippen LogP contribution in [0.3, 0.4) is 0 Å². The molecular weight excluding hydrogens is 234 g/mol. The summed E-state index contributed by atoms with van der Waals surface area (Å²) in [5.74, 6) is 2.48. The molecule has 3 nitrogen and oxygen atoms in total. The van der Waals surface area contributed by atoms with Gasteiger partial charge in [0.25, 0.3) is 0 Å². The number of thioether (sulfide) groups is 1. The zero-order chi connectivity index (χ0) is 11.3. The molecule has 0 aromatic carbocycles. The lowest BCUT2D eigenvalue weighted by Crippen LogP contribution is -2.34. The second-order valence-corrected chi connectivity index (χ2v) is 5.19. The van der Waals surface area contributed by atoms with Gasteiger partial charge in [-0.15, -0.1) is 0 Å². The Bertz CT molecular complexity index is 301. The van der Waals surface area contributed by atoms with Gasteiger partial charge >= 0.3 is 0 Å². The zero-order valence-electron chi connectivity index (χ0n) is 8.70. The van der Waals surface area contributed by atoms with Crippen molar-refractivity contribution in [2.24, 2.45) is 5.73 Å². The van der Waals surface area contributed by atoms with E-state index < -0.39 is 5.60 Å². The molecule has 1 aromatic rings. The van der Waals surface area contributed by atoms with Crippen molar-refractivity contribution in [3.63, 3.8) is 0 Å². The van der Waals surface area contributed by atoms with Gasteiger partial charge in [0, 0.05) is 6.54 Å². The second kappa shape index (κ2) is 5.80. The van der Waals surface area contributed by atoms with E-state index in [0.717, 1.165) is 17.3 Å². The van der Waals surface area contributed by atoms with E-state index in [4.69, 9.17) is 21.8 Å². The van der Waals surface area contributed by atoms with Crippen molar-refractivity contribution in [2.45, 2.75) is 24.7 Å². The van der Waals surface area contributed by atoms with Gasteiger partial charge in [0.05, 0.1) is 11.4 Å². The molecular formula is C10H16ClNO2S. The fourth-order valence-corrected chi connectivity index (χ4v) is 2.24. The van der Waals surface area contributed by atoms with Crippen LogP contribution in [0.25, 0.3) is 0 Å². The third-order valence-electron chi connectivity index (χ3n) is 2.10. The van der Waals surface area contributed by atoms with Crippen LogP contribution < -0.4 is 5.73 Å². The lowest BCUT2D eigenvalue weighted by atomic mass is 10.1. The van der Waals surface area contributed by atoms with Gasteiger partial charge in [-0.05, 0) is 42.8 Å². The van der Waals surface area contributed by atoms with Crippen molar-refractivity contribution < 1.29 is 9.52 Å². The molecule has 1 atom stereocenters. The molecule has 0 saturated carbocycles. The van der Waals surface area contributed by atoms with Gasteiger partial charge in [0.2, 0.25) is 0 Å². The molecule has 0 radical (unpaired) electrons. The average molecular weight is 250 g/mol. The van der Waals surface area contributed by atoms with E-state index in [1.165, 1.54) is 0 Å². The van der Waals surface area contributed by atoms with Crippen LogP contribution in [0.5, 0.6) is 0 Å². The number of aliphatic hydroxyl groups is 1. The minimum Gasteiger partial charge on any atom is -0.449 e. The average Bonchev–Trinajstić information content (AvgIpc) is 2.59. The maximum atomic E-state index is 9.64. The Morgan fingerprint density at radius 1 is 1.60 bits per heavy atom. The Labute approximate surface area is 99.0 Å². The topological polar surface area (TPSA) is 59.4 Å². The largest absolute Gasteiger partial charge is 0.449 e. The number of furan rings is 1. The molecule has 0 aliphatic heterocycles. The molecule has 15 heavy (non-hydrogen) atoms. The molecule has 1 aromatic heterocycles. The van der Waals surface area contributed by atoms with Gasteiger partial charge in [-0.2, -0.15) is 11.8 Å². The van der Waals surface area contributed by atoms with E-state index in [-0.39, 0.29) is 0 Å². The second-order valence-electron chi connectivity index (χ2n) is 3.71. The molecule has 0 saturated heterocycles. The smallest absolute Gasteiger partial charge is 0.193 e. The number of halogens is 1. The molecule has 0 amide bonds. The monoisotopic (exact) mass is 249 g/mol. The maximum absolute atomic E-state index is 9.64. The van der Waals surface area contributed by atoms with Crippen LogP contribution in [0.1, 0.15) is 19.1 Å². The van der Waals surface area contributed by atoms with Crippen molar-refractivity contribution in [3.05, 3.63) is 23.1 Å². The Morgan fingerprint density at radius 2 is 2.33 bits per heavy atom. The summed E-state index contributed by atoms with van der Waals surface area (Å²) in [6.45, 7) is 2.04. The first-order valence-electron chi connectivity index (χ1n) is 4.78. The number of rotatable bonds is 6. The van der Waals surface area contributed by atoms with Crippen LogP contribution in [0.2, 0.25) is 5.22 Å². The highest BCUT2D eigenvalue weighted by Crippen LogP contribution is 2.20. The SMILES string of the molecule is CC(O)(CN)CCSCc1ccc(Cl)o1. The Hall–Kier alpha value is -0.160. The summed E-state index contributed by atoms with van der Waals surface area (Å²) in [5, 5.41) is 10.1. The molecule has 1 heterocycles. The quantitative estimate of drug-likeness (QED) is 0.760. The fraction of sp³-hybridized carbons (Fsp3) is 0.600. The van der Waals surface area contributed by atoms with E-state index in [0.29, 0.717) is 18.2 Å². The Morgan fingerprint density at radius 3 is 2.87 bits per heavy atom. The first-order valence-corrected chi connectivity index (χ1v) is 6.31. The van der Waals surface area contributed by atoms with Crippen LogP contribution >= 0.6 is 23.4 Å². The Kier molecular flexibility index (Phi) is 4.99. The van der Waals surface area contributed by atoms with E-state index in [1.54, 1.807) is 24.8 Å². The molecule has 3 N–H and O–H groups in total. The normalized spacial score (nSPS) is 15.2. The molecule has 1 unspecified atom stereocenters. The van der Waals surface area contributed by atoms with Crippen molar-refractivity contribution in [2.75, 3.05) is 12.3 Å². The molecule has 5 heteroatoms. The van der Waals surface area contributed by atoms with Crippen molar-refractivity contribution in [1.82, 2.24) is 0 Å². The minimum absolute atomic E-state index is 0.292. The van der Waals surface area contributed by atoms with Crippen LogP contribution in [0, 0.1) is 0 Å². The predicted octanol–water partition coefficient (Wildman–Crippen LogP) is 2.27. The van der Waals surface area contributed by atoms with E-state index in [2.05, 4.69) is 0 Å². The van der Waals surface area contributed by atoms with Crippen LogP contribution in [-0.4, -0.2) is 23.0 Å². The summed E-state index contributed by atoms with van der Waals surface area (Å²) < 4.78 is 5.20. The summed E-state index contributed by atoms with van der Waals surface area (Å²) in [6, 6.07) is 3.59. The summed E-state index contributed by atoms with van der Waals surface area (Å²) in [6.07, 6.45) is 0.683. The Balaban J connectivity index is 2.17. The van der Waals surface area contributed by atoms with Crippen LogP contribution in [0.15, 0.2) is 16.5 Å². The first-order chi connectivity index (χ1) is 7.03. The number of nitrogens with two attached hydrogens (primary N) is 1. The molecule has 0 aliphatic rings. The molecule has 86 valence electrons. The number of hydrogen-bond donors (Lipinski definition) is 2. The van der Waals surface area contributed by atoms with Crippen molar-refractivity contribution in [3.8, 4) is 0 Å². The predicted molar refractivity (Wildman–Crippen MR) is 64.2 cm³/mol. The van der Waals surface area contributed by atoms with Gasteiger partial charge in [-0.3, -0.25) is 0 Å².